The molecule has 2 bridgehead atoms. The molecule has 3 rings (SSSR count). The number of hydrogen-bond acceptors (Lipinski definition) is 3. The van der Waals surface area contributed by atoms with Crippen molar-refractivity contribution in [2.24, 2.45) is 17.8 Å². The Morgan fingerprint density at radius 3 is 3.05 bits per heavy atom. The average Bonchev–Trinajstić information content (AvgIpc) is 3.20. The highest BCUT2D eigenvalue weighted by Gasteiger charge is 2.42. The van der Waals surface area contributed by atoms with E-state index < -0.39 is 0 Å². The van der Waals surface area contributed by atoms with Gasteiger partial charge in [-0.2, -0.15) is 0 Å². The second-order valence-electron chi connectivity index (χ2n) is 6.26. The van der Waals surface area contributed by atoms with Crippen molar-refractivity contribution in [3.63, 3.8) is 0 Å². The molecule has 2 aliphatic rings. The van der Waals surface area contributed by atoms with Crippen molar-refractivity contribution in [3.05, 3.63) is 21.9 Å². The Morgan fingerprint density at radius 1 is 1.52 bits per heavy atom. The number of amides is 1. The van der Waals surface area contributed by atoms with Crippen LogP contribution in [-0.2, 0) is 0 Å². The van der Waals surface area contributed by atoms with Gasteiger partial charge in [0.2, 0.25) is 0 Å². The van der Waals surface area contributed by atoms with E-state index in [1.807, 2.05) is 5.38 Å². The maximum absolute atomic E-state index is 12.3. The maximum Gasteiger partial charge on any atom is 0.252 e. The minimum atomic E-state index is -0.152. The predicted molar refractivity (Wildman–Crippen MR) is 84.1 cm³/mol. The lowest BCUT2D eigenvalue weighted by Crippen LogP contribution is -2.39. The molecule has 1 heterocycles. The molecule has 1 aromatic heterocycles. The van der Waals surface area contributed by atoms with Crippen molar-refractivity contribution < 1.29 is 9.90 Å². The third-order valence-corrected chi connectivity index (χ3v) is 5.79. The number of aliphatic hydroxyl groups excluding tert-OH is 1. The van der Waals surface area contributed by atoms with Crippen LogP contribution in [0.25, 0.3) is 0 Å². The smallest absolute Gasteiger partial charge is 0.252 e. The minimum Gasteiger partial charge on any atom is -0.384 e. The molecule has 2 N–H and O–H groups in total. The summed E-state index contributed by atoms with van der Waals surface area (Å²) in [5.74, 6) is 7.82. The summed E-state index contributed by atoms with van der Waals surface area (Å²) in [5.41, 5.74) is 0.678. The monoisotopic (exact) mass is 303 g/mol. The van der Waals surface area contributed by atoms with Gasteiger partial charge in [-0.1, -0.05) is 18.3 Å². The van der Waals surface area contributed by atoms with Crippen molar-refractivity contribution >= 4 is 17.2 Å². The average molecular weight is 303 g/mol. The zero-order valence-electron chi connectivity index (χ0n) is 12.3. The summed E-state index contributed by atoms with van der Waals surface area (Å²) >= 11 is 1.44. The fourth-order valence-electron chi connectivity index (χ4n) is 3.95. The Morgan fingerprint density at radius 2 is 2.38 bits per heavy atom. The van der Waals surface area contributed by atoms with Gasteiger partial charge in [0.1, 0.15) is 6.61 Å². The van der Waals surface area contributed by atoms with E-state index >= 15 is 0 Å². The van der Waals surface area contributed by atoms with Gasteiger partial charge in [-0.25, -0.2) is 0 Å². The highest BCUT2D eigenvalue weighted by Crippen LogP contribution is 2.49. The highest BCUT2D eigenvalue weighted by molar-refractivity contribution is 7.10. The first-order chi connectivity index (χ1) is 10.2. The summed E-state index contributed by atoms with van der Waals surface area (Å²) in [6.45, 7) is 1.99. The predicted octanol–water partition coefficient (Wildman–Crippen LogP) is 2.65. The molecule has 4 heteroatoms. The SMILES string of the molecule is CC(NC(=O)c1csc(C#CCO)c1)C1CC2CCC1C2. The molecule has 1 amide bonds. The molecule has 1 aromatic rings. The standard InChI is InChI=1S/C17H21NO2S/c1-11(16-8-12-4-5-13(16)7-12)18-17(20)14-9-15(21-10-14)3-2-6-19/h9-13,16,19H,4-8H2,1H3,(H,18,20). The number of carbonyl (C=O) groups excluding carboxylic acids is 1. The number of nitrogens with one attached hydrogen (secondary N) is 1. The summed E-state index contributed by atoms with van der Waals surface area (Å²) in [6.07, 6.45) is 5.38. The van der Waals surface area contributed by atoms with Gasteiger partial charge in [0.25, 0.3) is 5.91 Å². The number of fused-ring (bicyclic) bond motifs is 2. The Balaban J connectivity index is 1.59. The van der Waals surface area contributed by atoms with Crippen molar-refractivity contribution in [3.8, 4) is 11.8 Å². The molecule has 0 saturated heterocycles. The Hall–Kier alpha value is -1.31. The van der Waals surface area contributed by atoms with Crippen LogP contribution in [0.15, 0.2) is 11.4 Å². The molecule has 21 heavy (non-hydrogen) atoms. The van der Waals surface area contributed by atoms with E-state index in [-0.39, 0.29) is 18.6 Å². The van der Waals surface area contributed by atoms with Gasteiger partial charge in [-0.15, -0.1) is 11.3 Å². The Kier molecular flexibility index (Phi) is 4.32. The van der Waals surface area contributed by atoms with Crippen LogP contribution >= 0.6 is 11.3 Å². The van der Waals surface area contributed by atoms with E-state index in [0.29, 0.717) is 11.5 Å². The highest BCUT2D eigenvalue weighted by atomic mass is 32.1. The summed E-state index contributed by atoms with van der Waals surface area (Å²) < 4.78 is 0. The van der Waals surface area contributed by atoms with Crippen LogP contribution in [0.4, 0.5) is 0 Å². The summed E-state index contributed by atoms with van der Waals surface area (Å²) in [5, 5.41) is 13.7. The van der Waals surface area contributed by atoms with Crippen LogP contribution in [-0.4, -0.2) is 23.7 Å². The molecule has 3 nitrogen and oxygen atoms in total. The third-order valence-electron chi connectivity index (χ3n) is 4.95. The minimum absolute atomic E-state index is 0.00132. The first kappa shape index (κ1) is 14.6. The number of thiophene rings is 1. The number of hydrogen-bond donors (Lipinski definition) is 2. The lowest BCUT2D eigenvalue weighted by Gasteiger charge is -2.28. The number of carbonyl (C=O) groups is 1. The van der Waals surface area contributed by atoms with Crippen LogP contribution < -0.4 is 5.32 Å². The Bertz CT molecular complexity index is 583. The quantitative estimate of drug-likeness (QED) is 0.843. The molecular formula is C17H21NO2S. The normalized spacial score (nSPS) is 28.0. The second-order valence-corrected chi connectivity index (χ2v) is 7.17. The van der Waals surface area contributed by atoms with Crippen molar-refractivity contribution in [1.82, 2.24) is 5.32 Å². The van der Waals surface area contributed by atoms with Gasteiger partial charge < -0.3 is 10.4 Å². The van der Waals surface area contributed by atoms with E-state index in [9.17, 15) is 4.79 Å². The van der Waals surface area contributed by atoms with Gasteiger partial charge in [0.15, 0.2) is 0 Å². The zero-order valence-corrected chi connectivity index (χ0v) is 13.1. The Labute approximate surface area is 129 Å². The fraction of sp³-hybridized carbons (Fsp3) is 0.588. The van der Waals surface area contributed by atoms with Crippen LogP contribution in [0.2, 0.25) is 0 Å². The van der Waals surface area contributed by atoms with Gasteiger partial charge in [-0.05, 0) is 50.0 Å². The fourth-order valence-corrected chi connectivity index (χ4v) is 4.71. The molecule has 4 unspecified atom stereocenters. The van der Waals surface area contributed by atoms with Crippen molar-refractivity contribution in [2.75, 3.05) is 6.61 Å². The lowest BCUT2D eigenvalue weighted by atomic mass is 9.84. The summed E-state index contributed by atoms with van der Waals surface area (Å²) in [6, 6.07) is 2.05. The van der Waals surface area contributed by atoms with E-state index in [1.54, 1.807) is 6.07 Å². The second kappa shape index (κ2) is 6.21. The molecule has 2 saturated carbocycles. The van der Waals surface area contributed by atoms with Crippen LogP contribution in [0, 0.1) is 29.6 Å². The summed E-state index contributed by atoms with van der Waals surface area (Å²) in [7, 11) is 0. The van der Waals surface area contributed by atoms with Gasteiger partial charge >= 0.3 is 0 Å². The van der Waals surface area contributed by atoms with Gasteiger partial charge in [-0.3, -0.25) is 4.79 Å². The number of rotatable bonds is 3. The van der Waals surface area contributed by atoms with Crippen LogP contribution in [0.5, 0.6) is 0 Å². The maximum atomic E-state index is 12.3. The molecule has 0 radical (unpaired) electrons. The topological polar surface area (TPSA) is 49.3 Å². The molecule has 0 spiro atoms. The molecule has 112 valence electrons. The van der Waals surface area contributed by atoms with E-state index in [4.69, 9.17) is 5.11 Å². The molecule has 2 fully saturated rings. The first-order valence-corrected chi connectivity index (χ1v) is 8.54. The largest absolute Gasteiger partial charge is 0.384 e. The van der Waals surface area contributed by atoms with Crippen molar-refractivity contribution in [1.29, 1.82) is 0 Å². The molecule has 4 atom stereocenters. The first-order valence-electron chi connectivity index (χ1n) is 7.66. The van der Waals surface area contributed by atoms with E-state index in [1.165, 1.54) is 37.0 Å². The van der Waals surface area contributed by atoms with Crippen LogP contribution in [0.3, 0.4) is 0 Å². The summed E-state index contributed by atoms with van der Waals surface area (Å²) in [4.78, 5) is 13.1. The van der Waals surface area contributed by atoms with Crippen molar-refractivity contribution in [2.45, 2.75) is 38.6 Å². The molecule has 0 aromatic carbocycles. The van der Waals surface area contributed by atoms with Crippen LogP contribution in [0.1, 0.15) is 47.8 Å². The molecule has 2 aliphatic carbocycles. The third kappa shape index (κ3) is 3.14. The lowest BCUT2D eigenvalue weighted by molar-refractivity contribution is 0.0915. The molecule has 0 aliphatic heterocycles. The zero-order chi connectivity index (χ0) is 14.8. The van der Waals surface area contributed by atoms with E-state index in [2.05, 4.69) is 24.1 Å². The van der Waals surface area contributed by atoms with Gasteiger partial charge in [0, 0.05) is 11.4 Å². The van der Waals surface area contributed by atoms with Gasteiger partial charge in [0.05, 0.1) is 10.4 Å². The van der Waals surface area contributed by atoms with E-state index in [0.717, 1.165) is 16.7 Å². The molecular weight excluding hydrogens is 282 g/mol. The number of aliphatic hydroxyl groups is 1.